The monoisotopic (exact) mass is 222 g/mol. The Morgan fingerprint density at radius 1 is 1.25 bits per heavy atom. The maximum atomic E-state index is 9.44. The molecule has 16 heavy (non-hydrogen) atoms. The van der Waals surface area contributed by atoms with Crippen molar-refractivity contribution in [1.82, 2.24) is 0 Å². The molecule has 3 heteroatoms. The molecule has 1 aliphatic rings. The first-order valence-corrected chi connectivity index (χ1v) is 5.48. The molecule has 1 aromatic carbocycles. The zero-order chi connectivity index (χ0) is 11.9. The summed E-state index contributed by atoms with van der Waals surface area (Å²) in [6.45, 7) is 8.43. The predicted molar refractivity (Wildman–Crippen MR) is 62.2 cm³/mol. The summed E-state index contributed by atoms with van der Waals surface area (Å²) >= 11 is 0. The van der Waals surface area contributed by atoms with Crippen LogP contribution in [0.4, 0.5) is 0 Å². The van der Waals surface area contributed by atoms with E-state index in [4.69, 9.17) is 9.47 Å². The summed E-state index contributed by atoms with van der Waals surface area (Å²) in [6.07, 6.45) is 0. The molecule has 0 unspecified atom stereocenters. The van der Waals surface area contributed by atoms with Gasteiger partial charge in [0.1, 0.15) is 0 Å². The van der Waals surface area contributed by atoms with Gasteiger partial charge in [-0.05, 0) is 25.0 Å². The molecule has 0 aromatic heterocycles. The van der Waals surface area contributed by atoms with E-state index < -0.39 is 0 Å². The fourth-order valence-corrected chi connectivity index (χ4v) is 1.91. The third-order valence-corrected chi connectivity index (χ3v) is 3.27. The van der Waals surface area contributed by atoms with Gasteiger partial charge in [0.15, 0.2) is 11.5 Å². The fraction of sp³-hybridized carbons (Fsp3) is 0.538. The average molecular weight is 222 g/mol. The van der Waals surface area contributed by atoms with E-state index >= 15 is 0 Å². The minimum Gasteiger partial charge on any atom is -0.453 e. The number of benzene rings is 1. The van der Waals surface area contributed by atoms with Crippen molar-refractivity contribution in [3.8, 4) is 11.5 Å². The Morgan fingerprint density at radius 2 is 1.88 bits per heavy atom. The highest BCUT2D eigenvalue weighted by atomic mass is 16.7. The molecule has 88 valence electrons. The van der Waals surface area contributed by atoms with E-state index in [9.17, 15) is 5.11 Å². The van der Waals surface area contributed by atoms with E-state index in [0.29, 0.717) is 0 Å². The topological polar surface area (TPSA) is 38.7 Å². The molecule has 0 saturated heterocycles. The van der Waals surface area contributed by atoms with Gasteiger partial charge in [0.25, 0.3) is 0 Å². The summed E-state index contributed by atoms with van der Waals surface area (Å²) in [5.74, 6) is 1.62. The molecule has 0 saturated carbocycles. The van der Waals surface area contributed by atoms with Crippen LogP contribution in [0.3, 0.4) is 0 Å². The van der Waals surface area contributed by atoms with Crippen LogP contribution in [0.1, 0.15) is 30.5 Å². The van der Waals surface area contributed by atoms with Crippen molar-refractivity contribution in [1.29, 1.82) is 0 Å². The minimum absolute atomic E-state index is 0.0886. The van der Waals surface area contributed by atoms with Crippen LogP contribution < -0.4 is 9.47 Å². The van der Waals surface area contributed by atoms with E-state index in [1.54, 1.807) is 0 Å². The van der Waals surface area contributed by atoms with Gasteiger partial charge < -0.3 is 14.6 Å². The average Bonchev–Trinajstić information content (AvgIpc) is 2.72. The van der Waals surface area contributed by atoms with Crippen LogP contribution in [-0.2, 0) is 5.41 Å². The molecular formula is C13H18O3. The van der Waals surface area contributed by atoms with Gasteiger partial charge in [-0.2, -0.15) is 0 Å². The maximum absolute atomic E-state index is 9.44. The van der Waals surface area contributed by atoms with E-state index in [0.717, 1.165) is 22.6 Å². The molecular weight excluding hydrogens is 204 g/mol. The molecule has 0 aliphatic carbocycles. The lowest BCUT2D eigenvalue weighted by atomic mass is 9.83. The van der Waals surface area contributed by atoms with Crippen molar-refractivity contribution in [2.45, 2.75) is 33.1 Å². The molecule has 1 aromatic rings. The van der Waals surface area contributed by atoms with Gasteiger partial charge >= 0.3 is 0 Å². The molecule has 0 amide bonds. The first-order valence-electron chi connectivity index (χ1n) is 5.48. The molecule has 3 nitrogen and oxygen atoms in total. The molecule has 1 heterocycles. The van der Waals surface area contributed by atoms with Crippen LogP contribution in [0.25, 0.3) is 0 Å². The maximum Gasteiger partial charge on any atom is 0.231 e. The normalized spacial score (nSPS) is 14.3. The number of rotatable bonds is 2. The first kappa shape index (κ1) is 11.3. The zero-order valence-corrected chi connectivity index (χ0v) is 10.3. The van der Waals surface area contributed by atoms with Crippen molar-refractivity contribution in [3.63, 3.8) is 0 Å². The van der Waals surface area contributed by atoms with Gasteiger partial charge in [0.2, 0.25) is 6.79 Å². The smallest absolute Gasteiger partial charge is 0.231 e. The molecule has 2 rings (SSSR count). The molecule has 0 spiro atoms. The van der Waals surface area contributed by atoms with Crippen molar-refractivity contribution in [2.24, 2.45) is 0 Å². The second-order valence-electron chi connectivity index (χ2n) is 4.97. The Hall–Kier alpha value is -1.22. The van der Waals surface area contributed by atoms with Crippen LogP contribution in [0.2, 0.25) is 0 Å². The van der Waals surface area contributed by atoms with Crippen LogP contribution >= 0.6 is 0 Å². The van der Waals surface area contributed by atoms with Crippen LogP contribution in [0.5, 0.6) is 11.5 Å². The van der Waals surface area contributed by atoms with Gasteiger partial charge in [-0.25, -0.2) is 0 Å². The summed E-state index contributed by atoms with van der Waals surface area (Å²) in [6, 6.07) is 2.08. The van der Waals surface area contributed by atoms with Gasteiger partial charge in [-0.3, -0.25) is 0 Å². The van der Waals surface area contributed by atoms with E-state index in [1.807, 2.05) is 27.7 Å². The Kier molecular flexibility index (Phi) is 2.58. The quantitative estimate of drug-likeness (QED) is 0.834. The lowest BCUT2D eigenvalue weighted by molar-refractivity contribution is 0.168. The summed E-state index contributed by atoms with van der Waals surface area (Å²) in [5, 5.41) is 9.44. The van der Waals surface area contributed by atoms with Crippen molar-refractivity contribution in [2.75, 3.05) is 13.4 Å². The SMILES string of the molecule is Cc1cc(C(C)(C)CO)c2c(c1C)OCO2. The highest BCUT2D eigenvalue weighted by molar-refractivity contribution is 5.58. The summed E-state index contributed by atoms with van der Waals surface area (Å²) in [5.41, 5.74) is 2.99. The lowest BCUT2D eigenvalue weighted by Gasteiger charge is -2.24. The van der Waals surface area contributed by atoms with Gasteiger partial charge in [-0.15, -0.1) is 0 Å². The van der Waals surface area contributed by atoms with Gasteiger partial charge in [-0.1, -0.05) is 19.9 Å². The second kappa shape index (κ2) is 3.67. The summed E-state index contributed by atoms with van der Waals surface area (Å²) in [4.78, 5) is 0. The Bertz CT molecular complexity index is 422. The number of fused-ring (bicyclic) bond motifs is 1. The van der Waals surface area contributed by atoms with E-state index in [1.165, 1.54) is 5.56 Å². The van der Waals surface area contributed by atoms with Crippen molar-refractivity contribution in [3.05, 3.63) is 22.8 Å². The molecule has 1 aliphatic heterocycles. The summed E-state index contributed by atoms with van der Waals surface area (Å²) in [7, 11) is 0. The zero-order valence-electron chi connectivity index (χ0n) is 10.3. The number of aliphatic hydroxyl groups is 1. The standard InChI is InChI=1S/C13H18O3/c1-8-5-10(13(3,4)6-14)12-11(9(8)2)15-7-16-12/h5,14H,6-7H2,1-4H3. The Labute approximate surface area is 96.0 Å². The molecule has 0 atom stereocenters. The van der Waals surface area contributed by atoms with E-state index in [2.05, 4.69) is 6.07 Å². The molecule has 0 radical (unpaired) electrons. The molecule has 0 fully saturated rings. The molecule has 0 bridgehead atoms. The van der Waals surface area contributed by atoms with Crippen LogP contribution in [-0.4, -0.2) is 18.5 Å². The van der Waals surface area contributed by atoms with Crippen molar-refractivity contribution < 1.29 is 14.6 Å². The van der Waals surface area contributed by atoms with Crippen LogP contribution in [0, 0.1) is 13.8 Å². The first-order chi connectivity index (χ1) is 7.47. The predicted octanol–water partition coefficient (Wildman–Crippen LogP) is 2.30. The highest BCUT2D eigenvalue weighted by Gasteiger charge is 2.30. The number of aryl methyl sites for hydroxylation is 1. The minimum atomic E-state index is -0.309. The molecule has 1 N–H and O–H groups in total. The fourth-order valence-electron chi connectivity index (χ4n) is 1.91. The summed E-state index contributed by atoms with van der Waals surface area (Å²) < 4.78 is 11.0. The van der Waals surface area contributed by atoms with Crippen LogP contribution in [0.15, 0.2) is 6.07 Å². The number of hydrogen-bond donors (Lipinski definition) is 1. The highest BCUT2D eigenvalue weighted by Crippen LogP contribution is 2.44. The Morgan fingerprint density at radius 3 is 2.50 bits per heavy atom. The number of hydrogen-bond acceptors (Lipinski definition) is 3. The van der Waals surface area contributed by atoms with E-state index in [-0.39, 0.29) is 18.8 Å². The third kappa shape index (κ3) is 1.55. The number of ether oxygens (including phenoxy) is 2. The van der Waals surface area contributed by atoms with Crippen molar-refractivity contribution >= 4 is 0 Å². The third-order valence-electron chi connectivity index (χ3n) is 3.27. The lowest BCUT2D eigenvalue weighted by Crippen LogP contribution is -2.22. The number of aliphatic hydroxyl groups excluding tert-OH is 1. The largest absolute Gasteiger partial charge is 0.453 e. The van der Waals surface area contributed by atoms with Gasteiger partial charge in [0, 0.05) is 11.0 Å². The van der Waals surface area contributed by atoms with Gasteiger partial charge in [0.05, 0.1) is 6.61 Å². The second-order valence-corrected chi connectivity index (χ2v) is 4.97. The Balaban J connectivity index is 2.64.